The van der Waals surface area contributed by atoms with E-state index in [1.54, 1.807) is 11.3 Å². The molecule has 1 aliphatic heterocycles. The lowest BCUT2D eigenvalue weighted by Crippen LogP contribution is -2.34. The molecule has 0 radical (unpaired) electrons. The van der Waals surface area contributed by atoms with Crippen molar-refractivity contribution in [1.82, 2.24) is 10.3 Å². The van der Waals surface area contributed by atoms with Crippen molar-refractivity contribution in [3.05, 3.63) is 16.6 Å². The standard InChI is InChI=1S/C11H18N2O2S/c1-2-12-9(7-10-13-3-6-16-10)8-11-14-4-5-15-11/h3,6,9,11-12H,2,4-5,7-8H2,1H3. The van der Waals surface area contributed by atoms with E-state index < -0.39 is 0 Å². The lowest BCUT2D eigenvalue weighted by molar-refractivity contribution is -0.0525. The molecular formula is C11H18N2O2S. The monoisotopic (exact) mass is 242 g/mol. The van der Waals surface area contributed by atoms with Gasteiger partial charge in [-0.15, -0.1) is 11.3 Å². The molecule has 1 atom stereocenters. The number of hydrogen-bond donors (Lipinski definition) is 1. The molecular weight excluding hydrogens is 224 g/mol. The highest BCUT2D eigenvalue weighted by molar-refractivity contribution is 7.09. The topological polar surface area (TPSA) is 43.4 Å². The SMILES string of the molecule is CCNC(Cc1nccs1)CC1OCCO1. The van der Waals surface area contributed by atoms with Gasteiger partial charge in [0.2, 0.25) is 0 Å². The molecule has 0 aliphatic carbocycles. The summed E-state index contributed by atoms with van der Waals surface area (Å²) in [5, 5.41) is 6.64. The summed E-state index contributed by atoms with van der Waals surface area (Å²) in [5.74, 6) is 0. The van der Waals surface area contributed by atoms with E-state index >= 15 is 0 Å². The zero-order valence-electron chi connectivity index (χ0n) is 9.52. The molecule has 1 aliphatic rings. The average molecular weight is 242 g/mol. The van der Waals surface area contributed by atoms with E-state index in [0.29, 0.717) is 6.04 Å². The maximum Gasteiger partial charge on any atom is 0.159 e. The van der Waals surface area contributed by atoms with Gasteiger partial charge in [-0.25, -0.2) is 4.98 Å². The van der Waals surface area contributed by atoms with Crippen LogP contribution in [0.5, 0.6) is 0 Å². The van der Waals surface area contributed by atoms with Gasteiger partial charge >= 0.3 is 0 Å². The van der Waals surface area contributed by atoms with E-state index in [1.807, 2.05) is 11.6 Å². The third-order valence-electron chi connectivity index (χ3n) is 2.57. The normalized spacial score (nSPS) is 19.1. The summed E-state index contributed by atoms with van der Waals surface area (Å²) < 4.78 is 10.9. The number of aromatic nitrogens is 1. The molecule has 16 heavy (non-hydrogen) atoms. The first kappa shape index (κ1) is 12.0. The zero-order chi connectivity index (χ0) is 11.2. The number of likely N-dealkylation sites (N-methyl/N-ethyl adjacent to an activating group) is 1. The second-order valence-electron chi connectivity index (χ2n) is 3.79. The van der Waals surface area contributed by atoms with Gasteiger partial charge in [0.25, 0.3) is 0 Å². The summed E-state index contributed by atoms with van der Waals surface area (Å²) in [6.07, 6.45) is 3.66. The molecule has 0 saturated carbocycles. The molecule has 90 valence electrons. The van der Waals surface area contributed by atoms with E-state index in [2.05, 4.69) is 17.2 Å². The molecule has 1 saturated heterocycles. The quantitative estimate of drug-likeness (QED) is 0.819. The molecule has 0 aromatic carbocycles. The van der Waals surface area contributed by atoms with Crippen LogP contribution in [0.1, 0.15) is 18.4 Å². The second kappa shape index (κ2) is 6.30. The van der Waals surface area contributed by atoms with Crippen molar-refractivity contribution in [3.63, 3.8) is 0 Å². The first-order valence-corrected chi connectivity index (χ1v) is 6.61. The summed E-state index contributed by atoms with van der Waals surface area (Å²) in [7, 11) is 0. The Labute approximate surface area is 100.0 Å². The number of nitrogens with zero attached hydrogens (tertiary/aromatic N) is 1. The van der Waals surface area contributed by atoms with Crippen LogP contribution in [0.3, 0.4) is 0 Å². The molecule has 2 rings (SSSR count). The smallest absolute Gasteiger partial charge is 0.159 e. The van der Waals surface area contributed by atoms with E-state index in [-0.39, 0.29) is 6.29 Å². The van der Waals surface area contributed by atoms with Gasteiger partial charge in [-0.2, -0.15) is 0 Å². The predicted molar refractivity (Wildman–Crippen MR) is 63.6 cm³/mol. The Bertz CT molecular complexity index is 286. The van der Waals surface area contributed by atoms with Crippen LogP contribution >= 0.6 is 11.3 Å². The lowest BCUT2D eigenvalue weighted by Gasteiger charge is -2.19. The summed E-state index contributed by atoms with van der Waals surface area (Å²) in [6.45, 7) is 4.52. The Morgan fingerprint density at radius 2 is 2.38 bits per heavy atom. The second-order valence-corrected chi connectivity index (χ2v) is 4.77. The van der Waals surface area contributed by atoms with Crippen LogP contribution in [0.2, 0.25) is 0 Å². The Morgan fingerprint density at radius 3 is 3.00 bits per heavy atom. The summed E-state index contributed by atoms with van der Waals surface area (Å²) in [5.41, 5.74) is 0. The van der Waals surface area contributed by atoms with Crippen LogP contribution in [0, 0.1) is 0 Å². The van der Waals surface area contributed by atoms with E-state index in [0.717, 1.165) is 32.6 Å². The summed E-state index contributed by atoms with van der Waals surface area (Å²) >= 11 is 1.70. The van der Waals surface area contributed by atoms with Crippen molar-refractivity contribution in [3.8, 4) is 0 Å². The first-order chi connectivity index (χ1) is 7.88. The van der Waals surface area contributed by atoms with Crippen LogP contribution < -0.4 is 5.32 Å². The number of ether oxygens (including phenoxy) is 2. The Balaban J connectivity index is 1.83. The molecule has 0 amide bonds. The van der Waals surface area contributed by atoms with Gasteiger partial charge in [-0.05, 0) is 6.54 Å². The summed E-state index contributed by atoms with van der Waals surface area (Å²) in [4.78, 5) is 4.31. The van der Waals surface area contributed by atoms with Crippen LogP contribution in [0.25, 0.3) is 0 Å². The maximum absolute atomic E-state index is 5.47. The van der Waals surface area contributed by atoms with Gasteiger partial charge in [-0.1, -0.05) is 6.92 Å². The van der Waals surface area contributed by atoms with E-state index in [4.69, 9.17) is 9.47 Å². The Hall–Kier alpha value is -0.490. The van der Waals surface area contributed by atoms with Gasteiger partial charge < -0.3 is 14.8 Å². The van der Waals surface area contributed by atoms with Crippen LogP contribution in [0.15, 0.2) is 11.6 Å². The minimum atomic E-state index is -0.0380. The van der Waals surface area contributed by atoms with E-state index in [9.17, 15) is 0 Å². The molecule has 1 fully saturated rings. The molecule has 0 bridgehead atoms. The van der Waals surface area contributed by atoms with Crippen LogP contribution in [0.4, 0.5) is 0 Å². The fourth-order valence-corrected chi connectivity index (χ4v) is 2.57. The number of hydrogen-bond acceptors (Lipinski definition) is 5. The molecule has 5 heteroatoms. The Kier molecular flexibility index (Phi) is 4.71. The number of rotatable bonds is 6. The number of nitrogens with one attached hydrogen (secondary N) is 1. The van der Waals surface area contributed by atoms with Crippen molar-refractivity contribution in [2.45, 2.75) is 32.1 Å². The molecule has 1 unspecified atom stereocenters. The highest BCUT2D eigenvalue weighted by atomic mass is 32.1. The molecule has 1 aromatic heterocycles. The summed E-state index contributed by atoms with van der Waals surface area (Å²) in [6, 6.07) is 0.388. The third-order valence-corrected chi connectivity index (χ3v) is 3.37. The van der Waals surface area contributed by atoms with Gasteiger partial charge in [0.1, 0.15) is 0 Å². The third kappa shape index (κ3) is 3.52. The highest BCUT2D eigenvalue weighted by Crippen LogP contribution is 2.15. The van der Waals surface area contributed by atoms with Gasteiger partial charge in [-0.3, -0.25) is 0 Å². The van der Waals surface area contributed by atoms with E-state index in [1.165, 1.54) is 5.01 Å². The largest absolute Gasteiger partial charge is 0.350 e. The molecule has 0 spiro atoms. The van der Waals surface area contributed by atoms with Crippen molar-refractivity contribution in [2.75, 3.05) is 19.8 Å². The van der Waals surface area contributed by atoms with Crippen LogP contribution in [-0.4, -0.2) is 37.1 Å². The minimum absolute atomic E-state index is 0.0380. The average Bonchev–Trinajstić information content (AvgIpc) is 2.91. The molecule has 1 N–H and O–H groups in total. The molecule has 2 heterocycles. The Morgan fingerprint density at radius 1 is 1.56 bits per heavy atom. The lowest BCUT2D eigenvalue weighted by atomic mass is 10.1. The molecule has 1 aromatic rings. The zero-order valence-corrected chi connectivity index (χ0v) is 10.3. The fraction of sp³-hybridized carbons (Fsp3) is 0.727. The van der Waals surface area contributed by atoms with Crippen molar-refractivity contribution in [2.24, 2.45) is 0 Å². The number of thiazole rings is 1. The van der Waals surface area contributed by atoms with Crippen molar-refractivity contribution >= 4 is 11.3 Å². The van der Waals surface area contributed by atoms with Crippen molar-refractivity contribution < 1.29 is 9.47 Å². The highest BCUT2D eigenvalue weighted by Gasteiger charge is 2.21. The molecule has 4 nitrogen and oxygen atoms in total. The van der Waals surface area contributed by atoms with Gasteiger partial charge in [0.15, 0.2) is 6.29 Å². The predicted octanol–water partition coefficient (Wildman–Crippen LogP) is 1.43. The van der Waals surface area contributed by atoms with Gasteiger partial charge in [0, 0.05) is 30.5 Å². The maximum atomic E-state index is 5.47. The van der Waals surface area contributed by atoms with Crippen LogP contribution in [-0.2, 0) is 15.9 Å². The fourth-order valence-electron chi connectivity index (χ4n) is 1.87. The van der Waals surface area contributed by atoms with Gasteiger partial charge in [0.05, 0.1) is 18.2 Å². The van der Waals surface area contributed by atoms with Crippen molar-refractivity contribution in [1.29, 1.82) is 0 Å². The first-order valence-electron chi connectivity index (χ1n) is 5.73. The minimum Gasteiger partial charge on any atom is -0.350 e.